The second kappa shape index (κ2) is 6.20. The predicted molar refractivity (Wildman–Crippen MR) is 77.4 cm³/mol. The zero-order valence-electron chi connectivity index (χ0n) is 11.9. The van der Waals surface area contributed by atoms with Crippen LogP contribution in [0.1, 0.15) is 24.0 Å². The van der Waals surface area contributed by atoms with Crippen molar-refractivity contribution in [1.82, 2.24) is 9.62 Å². The van der Waals surface area contributed by atoms with Crippen LogP contribution in [-0.2, 0) is 16.6 Å². The molecule has 20 heavy (non-hydrogen) atoms. The van der Waals surface area contributed by atoms with Crippen LogP contribution < -0.4 is 5.32 Å². The van der Waals surface area contributed by atoms with Crippen LogP contribution in [0.25, 0.3) is 0 Å². The summed E-state index contributed by atoms with van der Waals surface area (Å²) in [4.78, 5) is 0. The fourth-order valence-electron chi connectivity index (χ4n) is 2.40. The van der Waals surface area contributed by atoms with E-state index in [-0.39, 0.29) is 11.9 Å². The summed E-state index contributed by atoms with van der Waals surface area (Å²) in [6.45, 7) is 3.46. The Morgan fingerprint density at radius 3 is 2.55 bits per heavy atom. The highest BCUT2D eigenvalue weighted by molar-refractivity contribution is 7.88. The Labute approximate surface area is 120 Å². The molecule has 1 heterocycles. The van der Waals surface area contributed by atoms with E-state index in [1.807, 2.05) is 6.07 Å². The first-order chi connectivity index (χ1) is 9.36. The van der Waals surface area contributed by atoms with Gasteiger partial charge in [-0.1, -0.05) is 12.1 Å². The molecule has 0 radical (unpaired) electrons. The van der Waals surface area contributed by atoms with Gasteiger partial charge in [0.05, 0.1) is 6.26 Å². The SMILES string of the molecule is Cc1ccc(CNC2CCN(S(C)(=O)=O)CC2)cc1F. The predicted octanol–water partition coefficient (Wildman–Crippen LogP) is 1.65. The minimum absolute atomic E-state index is 0.184. The van der Waals surface area contributed by atoms with Crippen LogP contribution in [0, 0.1) is 12.7 Å². The summed E-state index contributed by atoms with van der Waals surface area (Å²) in [7, 11) is -3.07. The molecule has 0 aliphatic carbocycles. The highest BCUT2D eigenvalue weighted by atomic mass is 32.2. The van der Waals surface area contributed by atoms with Crippen molar-refractivity contribution in [3.8, 4) is 0 Å². The molecule has 0 saturated carbocycles. The fourth-order valence-corrected chi connectivity index (χ4v) is 3.27. The minimum Gasteiger partial charge on any atom is -0.310 e. The van der Waals surface area contributed by atoms with Crippen molar-refractivity contribution in [3.63, 3.8) is 0 Å². The van der Waals surface area contributed by atoms with Crippen LogP contribution in [0.3, 0.4) is 0 Å². The van der Waals surface area contributed by atoms with Gasteiger partial charge in [0.2, 0.25) is 10.0 Å². The standard InChI is InChI=1S/C14H21FN2O2S/c1-11-3-4-12(9-14(11)15)10-16-13-5-7-17(8-6-13)20(2,18)19/h3-4,9,13,16H,5-8,10H2,1-2H3. The number of sulfonamides is 1. The monoisotopic (exact) mass is 300 g/mol. The summed E-state index contributed by atoms with van der Waals surface area (Å²) in [6, 6.07) is 5.53. The van der Waals surface area contributed by atoms with E-state index in [0.29, 0.717) is 25.2 Å². The molecule has 0 spiro atoms. The lowest BCUT2D eigenvalue weighted by Crippen LogP contribution is -2.44. The van der Waals surface area contributed by atoms with Gasteiger partial charge in [-0.2, -0.15) is 0 Å². The second-order valence-corrected chi connectivity index (χ2v) is 7.38. The number of aryl methyl sites for hydroxylation is 1. The molecule has 4 nitrogen and oxygen atoms in total. The number of piperidine rings is 1. The van der Waals surface area contributed by atoms with Gasteiger partial charge in [0.25, 0.3) is 0 Å². The highest BCUT2D eigenvalue weighted by Gasteiger charge is 2.24. The van der Waals surface area contributed by atoms with Crippen molar-refractivity contribution in [2.45, 2.75) is 32.4 Å². The third-order valence-corrected chi connectivity index (χ3v) is 5.06. The van der Waals surface area contributed by atoms with Crippen molar-refractivity contribution in [2.24, 2.45) is 0 Å². The number of nitrogens with zero attached hydrogens (tertiary/aromatic N) is 1. The number of hydrogen-bond donors (Lipinski definition) is 1. The molecule has 1 fully saturated rings. The van der Waals surface area contributed by atoms with Crippen molar-refractivity contribution in [2.75, 3.05) is 19.3 Å². The van der Waals surface area contributed by atoms with E-state index in [4.69, 9.17) is 0 Å². The molecule has 1 N–H and O–H groups in total. The maximum Gasteiger partial charge on any atom is 0.211 e. The lowest BCUT2D eigenvalue weighted by atomic mass is 10.1. The normalized spacial score (nSPS) is 18.4. The third-order valence-electron chi connectivity index (χ3n) is 3.75. The Morgan fingerprint density at radius 1 is 1.35 bits per heavy atom. The number of halogens is 1. The third kappa shape index (κ3) is 4.01. The van der Waals surface area contributed by atoms with Crippen molar-refractivity contribution >= 4 is 10.0 Å². The molecule has 0 unspecified atom stereocenters. The number of rotatable bonds is 4. The van der Waals surface area contributed by atoms with E-state index in [1.54, 1.807) is 19.1 Å². The number of nitrogens with one attached hydrogen (secondary N) is 1. The highest BCUT2D eigenvalue weighted by Crippen LogP contribution is 2.14. The molecule has 1 aromatic rings. The molecule has 1 saturated heterocycles. The zero-order chi connectivity index (χ0) is 14.8. The Hall–Kier alpha value is -0.980. The Balaban J connectivity index is 1.83. The van der Waals surface area contributed by atoms with Crippen LogP contribution in [0.15, 0.2) is 18.2 Å². The molecular formula is C14H21FN2O2S. The van der Waals surface area contributed by atoms with Crippen LogP contribution >= 0.6 is 0 Å². The fraction of sp³-hybridized carbons (Fsp3) is 0.571. The summed E-state index contributed by atoms with van der Waals surface area (Å²) in [5, 5.41) is 3.37. The smallest absolute Gasteiger partial charge is 0.211 e. The second-order valence-electron chi connectivity index (χ2n) is 5.40. The van der Waals surface area contributed by atoms with Gasteiger partial charge in [-0.15, -0.1) is 0 Å². The van der Waals surface area contributed by atoms with E-state index in [0.717, 1.165) is 18.4 Å². The van der Waals surface area contributed by atoms with Gasteiger partial charge >= 0.3 is 0 Å². The van der Waals surface area contributed by atoms with Gasteiger partial charge in [0.1, 0.15) is 5.82 Å². The molecular weight excluding hydrogens is 279 g/mol. The van der Waals surface area contributed by atoms with E-state index < -0.39 is 10.0 Å². The van der Waals surface area contributed by atoms with Gasteiger partial charge in [-0.05, 0) is 37.0 Å². The molecule has 0 atom stereocenters. The lowest BCUT2D eigenvalue weighted by Gasteiger charge is -2.30. The van der Waals surface area contributed by atoms with Gasteiger partial charge < -0.3 is 5.32 Å². The molecule has 0 aromatic heterocycles. The summed E-state index contributed by atoms with van der Waals surface area (Å²) < 4.78 is 37.7. The first-order valence-corrected chi connectivity index (χ1v) is 8.64. The first-order valence-electron chi connectivity index (χ1n) is 6.80. The van der Waals surface area contributed by atoms with Gasteiger partial charge in [-0.3, -0.25) is 0 Å². The lowest BCUT2D eigenvalue weighted by molar-refractivity contribution is 0.290. The van der Waals surface area contributed by atoms with Crippen LogP contribution in [0.2, 0.25) is 0 Å². The Bertz CT molecular complexity index is 567. The van der Waals surface area contributed by atoms with Crippen molar-refractivity contribution in [3.05, 3.63) is 35.1 Å². The first kappa shape index (κ1) is 15.4. The topological polar surface area (TPSA) is 49.4 Å². The summed E-state index contributed by atoms with van der Waals surface area (Å²) in [6.07, 6.45) is 2.83. The molecule has 0 amide bonds. The maximum absolute atomic E-state index is 13.4. The molecule has 1 aliphatic rings. The Morgan fingerprint density at radius 2 is 2.00 bits per heavy atom. The quantitative estimate of drug-likeness (QED) is 0.920. The van der Waals surface area contributed by atoms with E-state index in [1.165, 1.54) is 10.6 Å². The Kier molecular flexibility index (Phi) is 4.78. The molecule has 1 aromatic carbocycles. The molecule has 1 aliphatic heterocycles. The van der Waals surface area contributed by atoms with Gasteiger partial charge in [0.15, 0.2) is 0 Å². The van der Waals surface area contributed by atoms with E-state index >= 15 is 0 Å². The zero-order valence-corrected chi connectivity index (χ0v) is 12.7. The van der Waals surface area contributed by atoms with E-state index in [2.05, 4.69) is 5.32 Å². The molecule has 0 bridgehead atoms. The van der Waals surface area contributed by atoms with Gasteiger partial charge in [-0.25, -0.2) is 17.1 Å². The average molecular weight is 300 g/mol. The number of hydrogen-bond acceptors (Lipinski definition) is 3. The number of benzene rings is 1. The molecule has 2 rings (SSSR count). The molecule has 6 heteroatoms. The summed E-state index contributed by atoms with van der Waals surface area (Å²) >= 11 is 0. The largest absolute Gasteiger partial charge is 0.310 e. The summed E-state index contributed by atoms with van der Waals surface area (Å²) in [5.74, 6) is -0.184. The van der Waals surface area contributed by atoms with Crippen molar-refractivity contribution < 1.29 is 12.8 Å². The van der Waals surface area contributed by atoms with Crippen LogP contribution in [0.5, 0.6) is 0 Å². The molecule has 112 valence electrons. The van der Waals surface area contributed by atoms with Gasteiger partial charge in [0, 0.05) is 25.7 Å². The van der Waals surface area contributed by atoms with Crippen LogP contribution in [0.4, 0.5) is 4.39 Å². The average Bonchev–Trinajstić information content (AvgIpc) is 2.40. The maximum atomic E-state index is 13.4. The van der Waals surface area contributed by atoms with Crippen molar-refractivity contribution in [1.29, 1.82) is 0 Å². The minimum atomic E-state index is -3.07. The summed E-state index contributed by atoms with van der Waals surface area (Å²) in [5.41, 5.74) is 1.56. The van der Waals surface area contributed by atoms with E-state index in [9.17, 15) is 12.8 Å². The van der Waals surface area contributed by atoms with Crippen LogP contribution in [-0.4, -0.2) is 38.1 Å².